The smallest absolute Gasteiger partial charge is 0.252 e. The normalized spacial score (nSPS) is 24.2. The van der Waals surface area contributed by atoms with E-state index < -0.39 is 5.91 Å². The van der Waals surface area contributed by atoms with Crippen LogP contribution >= 0.6 is 0 Å². The number of primary amides is 1. The molecule has 0 spiro atoms. The van der Waals surface area contributed by atoms with Crippen molar-refractivity contribution in [2.45, 2.75) is 32.3 Å². The minimum absolute atomic E-state index is 0.0265. The molecule has 2 fully saturated rings. The van der Waals surface area contributed by atoms with Crippen LogP contribution in [0.25, 0.3) is 0 Å². The molecule has 0 saturated carbocycles. The number of anilines is 1. The summed E-state index contributed by atoms with van der Waals surface area (Å²) in [6.07, 6.45) is 4.42. The Kier molecular flexibility index (Phi) is 5.53. The summed E-state index contributed by atoms with van der Waals surface area (Å²) < 4.78 is 5.76. The standard InChI is InChI=1S/C18H26N4O3/c1-2-15-13(6-4-12-25-15)18(24)22-10-8-21(9-11-22)17-14(16(19)23)5-3-7-20-17/h3,5,7,13,15H,2,4,6,8-12H2,1H3,(H2,19,23)/t13-,15-/m1/s1. The maximum Gasteiger partial charge on any atom is 0.252 e. The first-order valence-corrected chi connectivity index (χ1v) is 9.02. The summed E-state index contributed by atoms with van der Waals surface area (Å²) in [5, 5.41) is 0. The van der Waals surface area contributed by atoms with E-state index in [1.807, 2.05) is 9.80 Å². The Morgan fingerprint density at radius 3 is 2.76 bits per heavy atom. The number of hydrogen-bond acceptors (Lipinski definition) is 5. The predicted molar refractivity (Wildman–Crippen MR) is 94.3 cm³/mol. The first-order valence-electron chi connectivity index (χ1n) is 9.02. The fraction of sp³-hybridized carbons (Fsp3) is 0.611. The zero-order chi connectivity index (χ0) is 17.8. The molecule has 0 aromatic carbocycles. The summed E-state index contributed by atoms with van der Waals surface area (Å²) >= 11 is 0. The minimum Gasteiger partial charge on any atom is -0.377 e. The van der Waals surface area contributed by atoms with Gasteiger partial charge in [0.25, 0.3) is 5.91 Å². The molecule has 2 aliphatic rings. The molecule has 7 heteroatoms. The van der Waals surface area contributed by atoms with Gasteiger partial charge in [-0.3, -0.25) is 9.59 Å². The molecule has 136 valence electrons. The number of carbonyl (C=O) groups is 2. The fourth-order valence-corrected chi connectivity index (χ4v) is 3.74. The van der Waals surface area contributed by atoms with Gasteiger partial charge in [-0.25, -0.2) is 4.98 Å². The summed E-state index contributed by atoms with van der Waals surface area (Å²) in [6, 6.07) is 3.39. The molecule has 25 heavy (non-hydrogen) atoms. The van der Waals surface area contributed by atoms with E-state index in [1.54, 1.807) is 18.3 Å². The summed E-state index contributed by atoms with van der Waals surface area (Å²) in [4.78, 5) is 32.7. The molecular weight excluding hydrogens is 320 g/mol. The Morgan fingerprint density at radius 2 is 2.08 bits per heavy atom. The van der Waals surface area contributed by atoms with E-state index >= 15 is 0 Å². The van der Waals surface area contributed by atoms with E-state index in [2.05, 4.69) is 11.9 Å². The first kappa shape index (κ1) is 17.7. The molecule has 3 heterocycles. The van der Waals surface area contributed by atoms with Crippen molar-refractivity contribution in [1.82, 2.24) is 9.88 Å². The highest BCUT2D eigenvalue weighted by Gasteiger charge is 2.35. The Morgan fingerprint density at radius 1 is 1.32 bits per heavy atom. The second-order valence-electron chi connectivity index (χ2n) is 6.62. The van der Waals surface area contributed by atoms with Gasteiger partial charge in [0.05, 0.1) is 17.6 Å². The van der Waals surface area contributed by atoms with E-state index in [-0.39, 0.29) is 17.9 Å². The van der Waals surface area contributed by atoms with Crippen molar-refractivity contribution >= 4 is 17.6 Å². The SMILES string of the molecule is CC[C@H]1OCCC[C@H]1C(=O)N1CCN(c2ncccc2C(N)=O)CC1. The van der Waals surface area contributed by atoms with Gasteiger partial charge in [-0.05, 0) is 31.4 Å². The Bertz CT molecular complexity index is 629. The van der Waals surface area contributed by atoms with Gasteiger partial charge < -0.3 is 20.3 Å². The van der Waals surface area contributed by atoms with Crippen LogP contribution in [0.5, 0.6) is 0 Å². The molecule has 2 saturated heterocycles. The zero-order valence-corrected chi connectivity index (χ0v) is 14.7. The molecule has 0 radical (unpaired) electrons. The van der Waals surface area contributed by atoms with Crippen molar-refractivity contribution in [3.8, 4) is 0 Å². The van der Waals surface area contributed by atoms with Gasteiger partial charge in [0.15, 0.2) is 0 Å². The molecule has 2 aliphatic heterocycles. The molecule has 2 atom stereocenters. The van der Waals surface area contributed by atoms with Crippen LogP contribution in [-0.4, -0.2) is 60.6 Å². The number of aromatic nitrogens is 1. The third kappa shape index (κ3) is 3.76. The second kappa shape index (κ2) is 7.82. The van der Waals surface area contributed by atoms with E-state index in [1.165, 1.54) is 0 Å². The highest BCUT2D eigenvalue weighted by molar-refractivity contribution is 5.97. The van der Waals surface area contributed by atoms with Gasteiger partial charge in [0, 0.05) is 39.0 Å². The largest absolute Gasteiger partial charge is 0.377 e. The van der Waals surface area contributed by atoms with Crippen molar-refractivity contribution in [2.24, 2.45) is 11.7 Å². The molecule has 0 aliphatic carbocycles. The third-order valence-electron chi connectivity index (χ3n) is 5.10. The van der Waals surface area contributed by atoms with Crippen molar-refractivity contribution < 1.29 is 14.3 Å². The average Bonchev–Trinajstić information content (AvgIpc) is 2.67. The lowest BCUT2D eigenvalue weighted by Crippen LogP contribution is -2.53. The van der Waals surface area contributed by atoms with Gasteiger partial charge in [0.2, 0.25) is 5.91 Å². The summed E-state index contributed by atoms with van der Waals surface area (Å²) in [5.41, 5.74) is 5.87. The number of hydrogen-bond donors (Lipinski definition) is 1. The molecule has 2 N–H and O–H groups in total. The third-order valence-corrected chi connectivity index (χ3v) is 5.10. The summed E-state index contributed by atoms with van der Waals surface area (Å²) in [5.74, 6) is 0.296. The predicted octanol–water partition coefficient (Wildman–Crippen LogP) is 1.03. The van der Waals surface area contributed by atoms with Gasteiger partial charge in [0.1, 0.15) is 5.82 Å². The molecule has 7 nitrogen and oxygen atoms in total. The lowest BCUT2D eigenvalue weighted by atomic mass is 9.91. The lowest BCUT2D eigenvalue weighted by Gasteiger charge is -2.39. The Labute approximate surface area is 148 Å². The Hall–Kier alpha value is -2.15. The first-order chi connectivity index (χ1) is 12.1. The Balaban J connectivity index is 1.64. The van der Waals surface area contributed by atoms with Crippen LogP contribution in [0.1, 0.15) is 36.5 Å². The van der Waals surface area contributed by atoms with E-state index in [4.69, 9.17) is 10.5 Å². The van der Waals surface area contributed by atoms with Crippen molar-refractivity contribution in [3.63, 3.8) is 0 Å². The van der Waals surface area contributed by atoms with Crippen LogP contribution in [-0.2, 0) is 9.53 Å². The van der Waals surface area contributed by atoms with Crippen LogP contribution in [0, 0.1) is 5.92 Å². The van der Waals surface area contributed by atoms with Crippen molar-refractivity contribution in [3.05, 3.63) is 23.9 Å². The number of ether oxygens (including phenoxy) is 1. The zero-order valence-electron chi connectivity index (χ0n) is 14.7. The number of piperazine rings is 1. The number of carbonyl (C=O) groups excluding carboxylic acids is 2. The lowest BCUT2D eigenvalue weighted by molar-refractivity contribution is -0.145. The van der Waals surface area contributed by atoms with E-state index in [0.29, 0.717) is 37.6 Å². The quantitative estimate of drug-likeness (QED) is 0.880. The van der Waals surface area contributed by atoms with Crippen molar-refractivity contribution in [2.75, 3.05) is 37.7 Å². The molecule has 1 aromatic heterocycles. The average molecular weight is 346 g/mol. The van der Waals surface area contributed by atoms with Crippen LogP contribution in [0.2, 0.25) is 0 Å². The number of rotatable bonds is 4. The fourth-order valence-electron chi connectivity index (χ4n) is 3.74. The molecule has 1 aromatic rings. The number of pyridine rings is 1. The van der Waals surface area contributed by atoms with Crippen LogP contribution < -0.4 is 10.6 Å². The molecular formula is C18H26N4O3. The maximum atomic E-state index is 12.9. The monoisotopic (exact) mass is 346 g/mol. The molecule has 2 amide bonds. The van der Waals surface area contributed by atoms with Gasteiger partial charge >= 0.3 is 0 Å². The van der Waals surface area contributed by atoms with Crippen LogP contribution in [0.4, 0.5) is 5.82 Å². The van der Waals surface area contributed by atoms with Gasteiger partial charge in [-0.1, -0.05) is 6.92 Å². The van der Waals surface area contributed by atoms with Crippen LogP contribution in [0.3, 0.4) is 0 Å². The van der Waals surface area contributed by atoms with Gasteiger partial charge in [-0.2, -0.15) is 0 Å². The topological polar surface area (TPSA) is 88.8 Å². The number of nitrogens with two attached hydrogens (primary N) is 1. The second-order valence-corrected chi connectivity index (χ2v) is 6.62. The minimum atomic E-state index is -0.480. The molecule has 0 unspecified atom stereocenters. The van der Waals surface area contributed by atoms with Gasteiger partial charge in [-0.15, -0.1) is 0 Å². The maximum absolute atomic E-state index is 12.9. The number of nitrogens with zero attached hydrogens (tertiary/aromatic N) is 3. The van der Waals surface area contributed by atoms with Crippen molar-refractivity contribution in [1.29, 1.82) is 0 Å². The summed E-state index contributed by atoms with van der Waals surface area (Å²) in [6.45, 7) is 5.37. The van der Waals surface area contributed by atoms with E-state index in [0.717, 1.165) is 25.9 Å². The molecule has 0 bridgehead atoms. The molecule has 3 rings (SSSR count). The highest BCUT2D eigenvalue weighted by Crippen LogP contribution is 2.26. The highest BCUT2D eigenvalue weighted by atomic mass is 16.5. The summed E-state index contributed by atoms with van der Waals surface area (Å²) in [7, 11) is 0. The van der Waals surface area contributed by atoms with E-state index in [9.17, 15) is 9.59 Å². The van der Waals surface area contributed by atoms with Crippen LogP contribution in [0.15, 0.2) is 18.3 Å². The number of amides is 2.